The number of H-pyrrole nitrogens is 2. The highest BCUT2D eigenvalue weighted by molar-refractivity contribution is 7.99. The summed E-state index contributed by atoms with van der Waals surface area (Å²) in [5, 5.41) is 9.17. The molecule has 2 aromatic heterocycles. The number of anilines is 1. The normalized spacial score (nSPS) is 11.0. The zero-order chi connectivity index (χ0) is 16.7. The van der Waals surface area contributed by atoms with E-state index in [0.717, 1.165) is 17.8 Å². The van der Waals surface area contributed by atoms with Crippen molar-refractivity contribution in [1.29, 1.82) is 0 Å². The molecule has 0 saturated heterocycles. The third-order valence-corrected chi connectivity index (χ3v) is 4.41. The summed E-state index contributed by atoms with van der Waals surface area (Å²) in [5.74, 6) is -2.17. The number of carbonyl (C=O) groups is 1. The number of hydrogen-bond acceptors (Lipinski definition) is 5. The molecule has 0 aliphatic heterocycles. The van der Waals surface area contributed by atoms with Crippen LogP contribution in [0.15, 0.2) is 32.8 Å². The molecule has 5 N–H and O–H groups in total. The molecule has 2 heterocycles. The predicted molar refractivity (Wildman–Crippen MR) is 83.3 cm³/mol. The van der Waals surface area contributed by atoms with Crippen LogP contribution in [0.4, 0.5) is 10.3 Å². The predicted octanol–water partition coefficient (Wildman–Crippen LogP) is 2.13. The van der Waals surface area contributed by atoms with Gasteiger partial charge in [-0.2, -0.15) is 4.98 Å². The van der Waals surface area contributed by atoms with Crippen LogP contribution < -0.4 is 11.3 Å². The number of hydrogen-bond donors (Lipinski definition) is 4. The van der Waals surface area contributed by atoms with Gasteiger partial charge in [0.25, 0.3) is 5.56 Å². The molecule has 3 rings (SSSR count). The number of aryl methyl sites for hydroxylation is 1. The maximum Gasteiger partial charge on any atom is 0.338 e. The topological polar surface area (TPSA) is 125 Å². The minimum atomic E-state index is -1.33. The molecule has 3 aromatic rings. The van der Waals surface area contributed by atoms with Crippen LogP contribution in [-0.4, -0.2) is 26.0 Å². The molecule has 1 aromatic carbocycles. The first kappa shape index (κ1) is 15.1. The molecule has 9 heteroatoms. The first-order valence-electron chi connectivity index (χ1n) is 6.45. The number of aromatic carboxylic acids is 1. The van der Waals surface area contributed by atoms with Gasteiger partial charge in [-0.25, -0.2) is 9.18 Å². The molecule has 0 unspecified atom stereocenters. The summed E-state index contributed by atoms with van der Waals surface area (Å²) in [7, 11) is 0. The average molecular weight is 334 g/mol. The average Bonchev–Trinajstić information content (AvgIpc) is 2.74. The molecule has 23 heavy (non-hydrogen) atoms. The molecule has 0 radical (unpaired) electrons. The Balaban J connectivity index is 2.09. The van der Waals surface area contributed by atoms with Crippen molar-refractivity contribution >= 4 is 34.7 Å². The van der Waals surface area contributed by atoms with Crippen molar-refractivity contribution in [3.63, 3.8) is 0 Å². The number of fused-ring (bicyclic) bond motifs is 1. The van der Waals surface area contributed by atoms with E-state index in [2.05, 4.69) is 15.0 Å². The zero-order valence-corrected chi connectivity index (χ0v) is 12.6. The lowest BCUT2D eigenvalue weighted by Crippen LogP contribution is -2.10. The molecule has 7 nitrogen and oxygen atoms in total. The number of rotatable bonds is 3. The second-order valence-corrected chi connectivity index (χ2v) is 5.89. The number of benzene rings is 1. The van der Waals surface area contributed by atoms with E-state index in [1.165, 1.54) is 12.1 Å². The van der Waals surface area contributed by atoms with E-state index >= 15 is 0 Å². The molecule has 0 saturated carbocycles. The van der Waals surface area contributed by atoms with Crippen LogP contribution in [0.3, 0.4) is 0 Å². The third kappa shape index (κ3) is 2.66. The number of nitrogens with two attached hydrogens (primary N) is 1. The fourth-order valence-corrected chi connectivity index (χ4v) is 3.22. The first-order chi connectivity index (χ1) is 10.9. The lowest BCUT2D eigenvalue weighted by Gasteiger charge is -2.04. The van der Waals surface area contributed by atoms with Crippen LogP contribution in [0.1, 0.15) is 16.1 Å². The quantitative estimate of drug-likeness (QED) is 0.581. The molecule has 0 bridgehead atoms. The van der Waals surface area contributed by atoms with Gasteiger partial charge in [0.1, 0.15) is 11.5 Å². The lowest BCUT2D eigenvalue weighted by atomic mass is 10.2. The summed E-state index contributed by atoms with van der Waals surface area (Å²) in [6, 6.07) is 3.78. The van der Waals surface area contributed by atoms with Gasteiger partial charge < -0.3 is 15.8 Å². The van der Waals surface area contributed by atoms with Crippen LogP contribution >= 0.6 is 11.8 Å². The SMILES string of the molecule is Cc1[nH]c2nc(N)[nH]c(=O)c2c1Sc1ccc(C(=O)O)c(F)c1. The number of nitrogens with one attached hydrogen (secondary N) is 2. The van der Waals surface area contributed by atoms with Gasteiger partial charge >= 0.3 is 5.97 Å². The summed E-state index contributed by atoms with van der Waals surface area (Å²) in [6.45, 7) is 1.75. The zero-order valence-electron chi connectivity index (χ0n) is 11.8. The highest BCUT2D eigenvalue weighted by Gasteiger charge is 2.17. The van der Waals surface area contributed by atoms with Gasteiger partial charge in [0.2, 0.25) is 5.95 Å². The molecule has 118 valence electrons. The van der Waals surface area contributed by atoms with Crippen molar-refractivity contribution in [2.24, 2.45) is 0 Å². The summed E-state index contributed by atoms with van der Waals surface area (Å²) in [5.41, 5.74) is 5.72. The summed E-state index contributed by atoms with van der Waals surface area (Å²) in [4.78, 5) is 33.3. The van der Waals surface area contributed by atoms with E-state index < -0.39 is 22.9 Å². The second-order valence-electron chi connectivity index (χ2n) is 4.80. The molecule has 0 amide bonds. The Morgan fingerprint density at radius 1 is 1.39 bits per heavy atom. The lowest BCUT2D eigenvalue weighted by molar-refractivity contribution is 0.0692. The number of carboxylic acid groups (broad SMARTS) is 1. The van der Waals surface area contributed by atoms with Crippen LogP contribution in [0.2, 0.25) is 0 Å². The minimum Gasteiger partial charge on any atom is -0.478 e. The number of nitrogen functional groups attached to an aromatic ring is 1. The molecule has 0 aliphatic carbocycles. The smallest absolute Gasteiger partial charge is 0.338 e. The molecule has 0 spiro atoms. The van der Waals surface area contributed by atoms with Gasteiger partial charge in [0.05, 0.1) is 10.9 Å². The molecular weight excluding hydrogens is 323 g/mol. The Hall–Kier alpha value is -2.81. The van der Waals surface area contributed by atoms with Crippen molar-refractivity contribution < 1.29 is 14.3 Å². The number of nitrogens with zero attached hydrogens (tertiary/aromatic N) is 1. The Morgan fingerprint density at radius 2 is 2.13 bits per heavy atom. The van der Waals surface area contributed by atoms with Crippen molar-refractivity contribution in [3.05, 3.63) is 45.6 Å². The van der Waals surface area contributed by atoms with E-state index in [-0.39, 0.29) is 5.95 Å². The Kier molecular flexibility index (Phi) is 3.57. The van der Waals surface area contributed by atoms with E-state index in [1.54, 1.807) is 6.92 Å². The fourth-order valence-electron chi connectivity index (χ4n) is 2.19. The second kappa shape index (κ2) is 5.43. The van der Waals surface area contributed by atoms with E-state index in [4.69, 9.17) is 10.8 Å². The van der Waals surface area contributed by atoms with Gasteiger partial charge in [-0.3, -0.25) is 9.78 Å². The summed E-state index contributed by atoms with van der Waals surface area (Å²) < 4.78 is 13.8. The molecule has 0 aliphatic rings. The van der Waals surface area contributed by atoms with E-state index in [1.807, 2.05) is 0 Å². The van der Waals surface area contributed by atoms with Crippen molar-refractivity contribution in [2.75, 3.05) is 5.73 Å². The van der Waals surface area contributed by atoms with E-state index in [0.29, 0.717) is 26.5 Å². The maximum atomic E-state index is 13.8. The molecular formula is C14H11FN4O3S. The van der Waals surface area contributed by atoms with Crippen LogP contribution in [-0.2, 0) is 0 Å². The number of aromatic amines is 2. The Bertz CT molecular complexity index is 996. The van der Waals surface area contributed by atoms with Gasteiger partial charge in [-0.05, 0) is 25.1 Å². The van der Waals surface area contributed by atoms with Crippen molar-refractivity contribution in [3.8, 4) is 0 Å². The van der Waals surface area contributed by atoms with Gasteiger partial charge in [-0.15, -0.1) is 0 Å². The Morgan fingerprint density at radius 3 is 2.78 bits per heavy atom. The Labute approximate surface area is 132 Å². The molecule has 0 atom stereocenters. The van der Waals surface area contributed by atoms with E-state index in [9.17, 15) is 14.0 Å². The number of carboxylic acids is 1. The monoisotopic (exact) mass is 334 g/mol. The molecule has 0 fully saturated rings. The summed E-state index contributed by atoms with van der Waals surface area (Å²) in [6.07, 6.45) is 0. The first-order valence-corrected chi connectivity index (χ1v) is 7.27. The van der Waals surface area contributed by atoms with Crippen LogP contribution in [0.25, 0.3) is 11.0 Å². The van der Waals surface area contributed by atoms with Crippen LogP contribution in [0, 0.1) is 12.7 Å². The maximum absolute atomic E-state index is 13.8. The van der Waals surface area contributed by atoms with Crippen LogP contribution in [0.5, 0.6) is 0 Å². The van der Waals surface area contributed by atoms with Gasteiger partial charge in [-0.1, -0.05) is 11.8 Å². The van der Waals surface area contributed by atoms with Gasteiger partial charge in [0, 0.05) is 15.5 Å². The van der Waals surface area contributed by atoms with Crippen molar-refractivity contribution in [1.82, 2.24) is 15.0 Å². The highest BCUT2D eigenvalue weighted by atomic mass is 32.2. The number of aromatic nitrogens is 3. The minimum absolute atomic E-state index is 0.00263. The standard InChI is InChI=1S/C14H11FN4O3S/c1-5-10(9-11(17-5)18-14(16)19-12(9)20)23-6-2-3-7(13(21)22)8(15)4-6/h2-4H,1H3,(H,21,22)(H4,16,17,18,19,20). The third-order valence-electron chi connectivity index (χ3n) is 3.20. The number of halogens is 1. The van der Waals surface area contributed by atoms with Gasteiger partial charge in [0.15, 0.2) is 0 Å². The largest absolute Gasteiger partial charge is 0.478 e. The van der Waals surface area contributed by atoms with Crippen molar-refractivity contribution in [2.45, 2.75) is 16.7 Å². The highest BCUT2D eigenvalue weighted by Crippen LogP contribution is 2.35. The summed E-state index contributed by atoms with van der Waals surface area (Å²) >= 11 is 1.14. The fraction of sp³-hybridized carbons (Fsp3) is 0.0714.